The van der Waals surface area contributed by atoms with Crippen molar-refractivity contribution in [3.63, 3.8) is 0 Å². The minimum absolute atomic E-state index is 0.0443. The molecule has 1 aliphatic rings. The maximum Gasteiger partial charge on any atom is 0.270 e. The molecule has 0 radical (unpaired) electrons. The number of anilines is 2. The van der Waals surface area contributed by atoms with Gasteiger partial charge in [0.2, 0.25) is 0 Å². The zero-order valence-electron chi connectivity index (χ0n) is 14.4. The number of nitrogens with zero attached hydrogens (tertiary/aromatic N) is 3. The Morgan fingerprint density at radius 2 is 2.07 bits per heavy atom. The van der Waals surface area contributed by atoms with Crippen LogP contribution in [0.5, 0.6) is 0 Å². The normalized spacial score (nSPS) is 13.4. The highest BCUT2D eigenvalue weighted by molar-refractivity contribution is 7.16. The molecule has 1 aliphatic heterocycles. The number of fused-ring (bicyclic) bond motifs is 2. The highest BCUT2D eigenvalue weighted by Crippen LogP contribution is 2.39. The van der Waals surface area contributed by atoms with Crippen molar-refractivity contribution in [2.45, 2.75) is 6.54 Å². The molecule has 5 rings (SSSR count). The van der Waals surface area contributed by atoms with Gasteiger partial charge in [-0.05, 0) is 18.2 Å². The van der Waals surface area contributed by atoms with Crippen molar-refractivity contribution in [3.8, 4) is 11.1 Å². The largest absolute Gasteiger partial charge is 0.351 e. The van der Waals surface area contributed by atoms with Crippen molar-refractivity contribution in [1.29, 1.82) is 0 Å². The number of pyridine rings is 1. The Bertz CT molecular complexity index is 1230. The molecular formula is C19H13F2N5OS. The van der Waals surface area contributed by atoms with Crippen LogP contribution in [0.3, 0.4) is 0 Å². The zero-order valence-corrected chi connectivity index (χ0v) is 15.2. The van der Waals surface area contributed by atoms with Crippen molar-refractivity contribution < 1.29 is 13.6 Å². The lowest BCUT2D eigenvalue weighted by molar-refractivity contribution is 0.0929. The van der Waals surface area contributed by atoms with E-state index in [2.05, 4.69) is 20.6 Å². The fraction of sp³-hybridized carbons (Fsp3) is 0.105. The topological polar surface area (TPSA) is 71.8 Å². The van der Waals surface area contributed by atoms with Gasteiger partial charge in [0.05, 0.1) is 16.9 Å². The molecule has 0 saturated carbocycles. The maximum atomic E-state index is 14.3. The minimum Gasteiger partial charge on any atom is -0.351 e. The molecule has 0 bridgehead atoms. The fourth-order valence-electron chi connectivity index (χ4n) is 3.41. The summed E-state index contributed by atoms with van der Waals surface area (Å²) in [7, 11) is 0. The Morgan fingerprint density at radius 3 is 2.96 bits per heavy atom. The molecule has 0 atom stereocenters. The highest BCUT2D eigenvalue weighted by atomic mass is 32.1. The summed E-state index contributed by atoms with van der Waals surface area (Å²) in [5.74, 6) is -2.24. The van der Waals surface area contributed by atoms with Crippen molar-refractivity contribution in [2.75, 3.05) is 11.9 Å². The SMILES string of the molecule is O=C1NCCn2cc(-c3ccnc4scnc34)c(Nc3cccc(F)c3F)c21. The van der Waals surface area contributed by atoms with E-state index >= 15 is 0 Å². The highest BCUT2D eigenvalue weighted by Gasteiger charge is 2.27. The van der Waals surface area contributed by atoms with Gasteiger partial charge >= 0.3 is 0 Å². The van der Waals surface area contributed by atoms with Crippen LogP contribution in [0.4, 0.5) is 20.2 Å². The van der Waals surface area contributed by atoms with Crippen molar-refractivity contribution in [3.05, 3.63) is 59.5 Å². The number of rotatable bonds is 3. The van der Waals surface area contributed by atoms with Gasteiger partial charge in [-0.2, -0.15) is 0 Å². The molecule has 3 aromatic heterocycles. The Balaban J connectivity index is 1.75. The molecule has 6 nitrogen and oxygen atoms in total. The van der Waals surface area contributed by atoms with Crippen LogP contribution < -0.4 is 10.6 Å². The summed E-state index contributed by atoms with van der Waals surface area (Å²) in [4.78, 5) is 22.0. The van der Waals surface area contributed by atoms with Crippen molar-refractivity contribution >= 4 is 39.0 Å². The van der Waals surface area contributed by atoms with Gasteiger partial charge in [0.25, 0.3) is 5.91 Å². The summed E-state index contributed by atoms with van der Waals surface area (Å²) < 4.78 is 29.8. The number of amides is 1. The molecular weight excluding hydrogens is 384 g/mol. The second kappa shape index (κ2) is 6.38. The van der Waals surface area contributed by atoms with E-state index in [4.69, 9.17) is 0 Å². The second-order valence-electron chi connectivity index (χ2n) is 6.31. The summed E-state index contributed by atoms with van der Waals surface area (Å²) in [6, 6.07) is 5.69. The van der Waals surface area contributed by atoms with E-state index in [-0.39, 0.29) is 11.6 Å². The average molecular weight is 397 g/mol. The molecule has 9 heteroatoms. The van der Waals surface area contributed by atoms with Gasteiger partial charge in [0, 0.05) is 36.6 Å². The van der Waals surface area contributed by atoms with E-state index in [1.54, 1.807) is 17.8 Å². The second-order valence-corrected chi connectivity index (χ2v) is 7.14. The first-order valence-corrected chi connectivity index (χ1v) is 9.42. The molecule has 4 heterocycles. The first-order valence-electron chi connectivity index (χ1n) is 8.54. The molecule has 28 heavy (non-hydrogen) atoms. The number of aromatic nitrogens is 3. The number of carbonyl (C=O) groups is 1. The number of thiazole rings is 1. The van der Waals surface area contributed by atoms with Gasteiger partial charge < -0.3 is 15.2 Å². The lowest BCUT2D eigenvalue weighted by atomic mass is 10.1. The lowest BCUT2D eigenvalue weighted by Gasteiger charge is -2.18. The van der Waals surface area contributed by atoms with Gasteiger partial charge in [-0.25, -0.2) is 18.7 Å². The predicted octanol–water partition coefficient (Wildman–Crippen LogP) is 3.93. The smallest absolute Gasteiger partial charge is 0.270 e. The Hall–Kier alpha value is -3.33. The van der Waals surface area contributed by atoms with Gasteiger partial charge in [-0.3, -0.25) is 4.79 Å². The maximum absolute atomic E-state index is 14.3. The molecule has 0 spiro atoms. The van der Waals surface area contributed by atoms with Crippen molar-refractivity contribution in [2.24, 2.45) is 0 Å². The molecule has 0 aliphatic carbocycles. The molecule has 0 unspecified atom stereocenters. The summed E-state index contributed by atoms with van der Waals surface area (Å²) in [6.07, 6.45) is 3.50. The summed E-state index contributed by atoms with van der Waals surface area (Å²) in [6.45, 7) is 1.07. The zero-order chi connectivity index (χ0) is 19.3. The van der Waals surface area contributed by atoms with E-state index in [1.807, 2.05) is 10.8 Å². The summed E-state index contributed by atoms with van der Waals surface area (Å²) in [5, 5.41) is 5.73. The number of nitrogens with one attached hydrogen (secondary N) is 2. The Morgan fingerprint density at radius 1 is 1.18 bits per heavy atom. The lowest BCUT2D eigenvalue weighted by Crippen LogP contribution is -2.35. The molecule has 140 valence electrons. The van der Waals surface area contributed by atoms with Crippen LogP contribution >= 0.6 is 11.3 Å². The molecule has 0 fully saturated rings. The number of benzene rings is 1. The monoisotopic (exact) mass is 397 g/mol. The molecule has 1 amide bonds. The van der Waals surface area contributed by atoms with E-state index < -0.39 is 11.6 Å². The van der Waals surface area contributed by atoms with E-state index in [0.29, 0.717) is 35.6 Å². The Kier molecular flexibility index (Phi) is 3.83. The third kappa shape index (κ3) is 2.55. The van der Waals surface area contributed by atoms with Gasteiger partial charge in [-0.15, -0.1) is 11.3 Å². The number of carbonyl (C=O) groups excluding carboxylic acids is 1. The molecule has 0 saturated heterocycles. The van der Waals surface area contributed by atoms with Gasteiger partial charge in [-0.1, -0.05) is 6.07 Å². The van der Waals surface area contributed by atoms with Gasteiger partial charge in [0.1, 0.15) is 16.0 Å². The average Bonchev–Trinajstić information content (AvgIpc) is 3.31. The van der Waals surface area contributed by atoms with Crippen LogP contribution in [-0.4, -0.2) is 27.0 Å². The molecule has 2 N–H and O–H groups in total. The third-order valence-electron chi connectivity index (χ3n) is 4.67. The van der Waals surface area contributed by atoms with Crippen LogP contribution in [0.25, 0.3) is 21.5 Å². The predicted molar refractivity (Wildman–Crippen MR) is 103 cm³/mol. The first kappa shape index (κ1) is 16.8. The van der Waals surface area contributed by atoms with E-state index in [1.165, 1.54) is 23.5 Å². The van der Waals surface area contributed by atoms with E-state index in [0.717, 1.165) is 16.5 Å². The number of halogens is 2. The van der Waals surface area contributed by atoms with Crippen LogP contribution in [0.1, 0.15) is 10.5 Å². The standard InChI is InChI=1S/C19H13F2N5OS/c20-12-2-1-3-13(14(12)21)25-15-11(8-26-7-6-22-18(27)17(15)26)10-4-5-23-19-16(10)24-9-28-19/h1-5,8-9,25H,6-7H2,(H,22,27). The quantitative estimate of drug-likeness (QED) is 0.550. The van der Waals surface area contributed by atoms with Crippen LogP contribution in [-0.2, 0) is 6.54 Å². The number of hydrogen-bond acceptors (Lipinski definition) is 5. The summed E-state index contributed by atoms with van der Waals surface area (Å²) >= 11 is 1.41. The summed E-state index contributed by atoms with van der Waals surface area (Å²) in [5.41, 5.74) is 4.56. The third-order valence-corrected chi connectivity index (χ3v) is 5.40. The molecule has 4 aromatic rings. The minimum atomic E-state index is -1.00. The van der Waals surface area contributed by atoms with Gasteiger partial charge in [0.15, 0.2) is 11.6 Å². The Labute approximate surface area is 161 Å². The van der Waals surface area contributed by atoms with Crippen molar-refractivity contribution in [1.82, 2.24) is 19.9 Å². The van der Waals surface area contributed by atoms with Crippen LogP contribution in [0, 0.1) is 11.6 Å². The molecule has 1 aromatic carbocycles. The number of hydrogen-bond donors (Lipinski definition) is 2. The van der Waals surface area contributed by atoms with E-state index in [9.17, 15) is 13.6 Å². The fourth-order valence-corrected chi connectivity index (χ4v) is 4.06. The van der Waals surface area contributed by atoms with Crippen LogP contribution in [0.15, 0.2) is 42.2 Å². The van der Waals surface area contributed by atoms with Crippen LogP contribution in [0.2, 0.25) is 0 Å². The first-order chi connectivity index (χ1) is 13.6.